The summed E-state index contributed by atoms with van der Waals surface area (Å²) in [5.74, 6) is -0.189. The molecule has 0 bridgehead atoms. The van der Waals surface area contributed by atoms with Crippen LogP contribution in [0.15, 0.2) is 17.6 Å². The minimum atomic E-state index is -0.867. The van der Waals surface area contributed by atoms with Crippen molar-refractivity contribution in [2.75, 3.05) is 19.8 Å². The Kier molecular flexibility index (Phi) is 4.52. The summed E-state index contributed by atoms with van der Waals surface area (Å²) in [6.45, 7) is 3.26. The average molecular weight is 335 g/mol. The van der Waals surface area contributed by atoms with Gasteiger partial charge in [0.05, 0.1) is 16.3 Å². The van der Waals surface area contributed by atoms with E-state index in [0.717, 1.165) is 16.3 Å². The van der Waals surface area contributed by atoms with E-state index in [-0.39, 0.29) is 12.5 Å². The second-order valence-electron chi connectivity index (χ2n) is 6.00. The maximum atomic E-state index is 12.4. The zero-order valence-corrected chi connectivity index (χ0v) is 14.2. The molecule has 0 aromatic carbocycles. The molecule has 124 valence electrons. The molecule has 3 rings (SSSR count). The number of hydrogen-bond donors (Lipinski definition) is 2. The standard InChI is InChI=1S/C16H21N3O3S/c1-11-18-13(9-23-11)12-7-14(19(2)8-12)15(20)17-10-16(21)3-5-22-6-4-16/h7-9,21H,3-6,10H2,1-2H3,(H,17,20). The number of aliphatic hydroxyl groups is 1. The fourth-order valence-corrected chi connectivity index (χ4v) is 3.31. The van der Waals surface area contributed by atoms with Crippen molar-refractivity contribution in [3.63, 3.8) is 0 Å². The Hall–Kier alpha value is -1.70. The number of amides is 1. The van der Waals surface area contributed by atoms with E-state index in [1.54, 1.807) is 15.9 Å². The number of carbonyl (C=O) groups excluding carboxylic acids is 1. The van der Waals surface area contributed by atoms with Crippen LogP contribution in [0.25, 0.3) is 11.3 Å². The van der Waals surface area contributed by atoms with E-state index < -0.39 is 5.60 Å². The average Bonchev–Trinajstić information content (AvgIpc) is 3.12. The van der Waals surface area contributed by atoms with Crippen LogP contribution >= 0.6 is 11.3 Å². The van der Waals surface area contributed by atoms with E-state index in [9.17, 15) is 9.90 Å². The van der Waals surface area contributed by atoms with Gasteiger partial charge in [0.15, 0.2) is 0 Å². The lowest BCUT2D eigenvalue weighted by atomic mass is 9.94. The minimum Gasteiger partial charge on any atom is -0.388 e. The zero-order valence-electron chi connectivity index (χ0n) is 13.3. The van der Waals surface area contributed by atoms with Gasteiger partial charge >= 0.3 is 0 Å². The van der Waals surface area contributed by atoms with Gasteiger partial charge in [0.25, 0.3) is 5.91 Å². The molecule has 6 nitrogen and oxygen atoms in total. The molecule has 0 spiro atoms. The molecule has 2 aromatic heterocycles. The largest absolute Gasteiger partial charge is 0.388 e. The monoisotopic (exact) mass is 335 g/mol. The van der Waals surface area contributed by atoms with E-state index in [1.807, 2.05) is 31.6 Å². The van der Waals surface area contributed by atoms with Gasteiger partial charge in [-0.05, 0) is 13.0 Å². The van der Waals surface area contributed by atoms with E-state index >= 15 is 0 Å². The molecule has 2 aromatic rings. The Balaban J connectivity index is 1.69. The molecular weight excluding hydrogens is 314 g/mol. The summed E-state index contributed by atoms with van der Waals surface area (Å²) in [5.41, 5.74) is 1.49. The number of aryl methyl sites for hydroxylation is 2. The number of thiazole rings is 1. The third kappa shape index (κ3) is 3.63. The molecule has 7 heteroatoms. The third-order valence-corrected chi connectivity index (χ3v) is 4.93. The van der Waals surface area contributed by atoms with E-state index in [4.69, 9.17) is 4.74 Å². The molecule has 0 atom stereocenters. The van der Waals surface area contributed by atoms with Crippen LogP contribution in [0.5, 0.6) is 0 Å². The first-order chi connectivity index (χ1) is 11.0. The predicted octanol–water partition coefficient (Wildman–Crippen LogP) is 1.73. The van der Waals surface area contributed by atoms with Gasteiger partial charge in [-0.3, -0.25) is 4.79 Å². The molecule has 1 aliphatic rings. The fourth-order valence-electron chi connectivity index (χ4n) is 2.69. The summed E-state index contributed by atoms with van der Waals surface area (Å²) in [4.78, 5) is 16.9. The Bertz CT molecular complexity index is 701. The second-order valence-corrected chi connectivity index (χ2v) is 7.06. The first-order valence-corrected chi connectivity index (χ1v) is 8.52. The van der Waals surface area contributed by atoms with Crippen LogP contribution in [0, 0.1) is 6.92 Å². The number of nitrogens with one attached hydrogen (secondary N) is 1. The first kappa shape index (κ1) is 16.2. The Morgan fingerprint density at radius 1 is 1.52 bits per heavy atom. The molecule has 0 aliphatic carbocycles. The zero-order chi connectivity index (χ0) is 16.4. The molecule has 23 heavy (non-hydrogen) atoms. The topological polar surface area (TPSA) is 76.4 Å². The molecule has 1 fully saturated rings. The number of carbonyl (C=O) groups is 1. The van der Waals surface area contributed by atoms with E-state index in [1.165, 1.54) is 0 Å². The second kappa shape index (κ2) is 6.43. The summed E-state index contributed by atoms with van der Waals surface area (Å²) < 4.78 is 7.03. The van der Waals surface area contributed by atoms with Crippen molar-refractivity contribution < 1.29 is 14.6 Å². The lowest BCUT2D eigenvalue weighted by Crippen LogP contribution is -2.46. The van der Waals surface area contributed by atoms with Gasteiger partial charge in [-0.1, -0.05) is 0 Å². The van der Waals surface area contributed by atoms with Gasteiger partial charge < -0.3 is 19.7 Å². The van der Waals surface area contributed by atoms with Crippen molar-refractivity contribution >= 4 is 17.2 Å². The lowest BCUT2D eigenvalue weighted by molar-refractivity contribution is -0.0605. The number of aromatic nitrogens is 2. The summed E-state index contributed by atoms with van der Waals surface area (Å²) in [6, 6.07) is 1.83. The SMILES string of the molecule is Cc1nc(-c2cc(C(=O)NCC3(O)CCOCC3)n(C)c2)cs1. The fraction of sp³-hybridized carbons (Fsp3) is 0.500. The van der Waals surface area contributed by atoms with Crippen molar-refractivity contribution in [2.24, 2.45) is 7.05 Å². The van der Waals surface area contributed by atoms with Crippen molar-refractivity contribution in [3.8, 4) is 11.3 Å². The molecule has 3 heterocycles. The van der Waals surface area contributed by atoms with Crippen molar-refractivity contribution in [2.45, 2.75) is 25.4 Å². The predicted molar refractivity (Wildman–Crippen MR) is 88.6 cm³/mol. The quantitative estimate of drug-likeness (QED) is 0.892. The van der Waals surface area contributed by atoms with Gasteiger partial charge in [-0.25, -0.2) is 4.98 Å². The van der Waals surface area contributed by atoms with Gasteiger partial charge in [0.2, 0.25) is 0 Å². The Labute approximate surface area is 139 Å². The highest BCUT2D eigenvalue weighted by atomic mass is 32.1. The molecule has 2 N–H and O–H groups in total. The van der Waals surface area contributed by atoms with Crippen LogP contribution in [0.3, 0.4) is 0 Å². The van der Waals surface area contributed by atoms with Crippen LogP contribution in [-0.2, 0) is 11.8 Å². The number of hydrogen-bond acceptors (Lipinski definition) is 5. The Morgan fingerprint density at radius 2 is 2.26 bits per heavy atom. The number of rotatable bonds is 4. The molecule has 0 saturated carbocycles. The van der Waals surface area contributed by atoms with Crippen molar-refractivity contribution in [1.82, 2.24) is 14.9 Å². The highest BCUT2D eigenvalue weighted by Gasteiger charge is 2.30. The van der Waals surface area contributed by atoms with Crippen molar-refractivity contribution in [3.05, 3.63) is 28.3 Å². The van der Waals surface area contributed by atoms with Gasteiger partial charge in [-0.15, -0.1) is 11.3 Å². The Morgan fingerprint density at radius 3 is 2.91 bits per heavy atom. The van der Waals surface area contributed by atoms with Crippen LogP contribution < -0.4 is 5.32 Å². The van der Waals surface area contributed by atoms with Crippen molar-refractivity contribution in [1.29, 1.82) is 0 Å². The number of ether oxygens (including phenoxy) is 1. The van der Waals surface area contributed by atoms with E-state index in [2.05, 4.69) is 10.3 Å². The van der Waals surface area contributed by atoms with Gasteiger partial charge in [-0.2, -0.15) is 0 Å². The third-order valence-electron chi connectivity index (χ3n) is 4.15. The van der Waals surface area contributed by atoms with Crippen LogP contribution in [0.1, 0.15) is 28.3 Å². The molecule has 1 aliphatic heterocycles. The van der Waals surface area contributed by atoms with Crippen LogP contribution in [0.4, 0.5) is 0 Å². The van der Waals surface area contributed by atoms with E-state index in [0.29, 0.717) is 31.7 Å². The highest BCUT2D eigenvalue weighted by Crippen LogP contribution is 2.24. The number of nitrogens with zero attached hydrogens (tertiary/aromatic N) is 2. The molecule has 1 saturated heterocycles. The first-order valence-electron chi connectivity index (χ1n) is 7.64. The summed E-state index contributed by atoms with van der Waals surface area (Å²) in [6.07, 6.45) is 2.99. The van der Waals surface area contributed by atoms with Crippen LogP contribution in [-0.4, -0.2) is 45.9 Å². The molecule has 1 amide bonds. The van der Waals surface area contributed by atoms with Gasteiger partial charge in [0, 0.05) is 56.8 Å². The summed E-state index contributed by atoms with van der Waals surface area (Å²) in [5, 5.41) is 16.2. The normalized spacial score (nSPS) is 17.2. The summed E-state index contributed by atoms with van der Waals surface area (Å²) in [7, 11) is 1.83. The van der Waals surface area contributed by atoms with Gasteiger partial charge in [0.1, 0.15) is 5.69 Å². The maximum absolute atomic E-state index is 12.4. The highest BCUT2D eigenvalue weighted by molar-refractivity contribution is 7.09. The molecular formula is C16H21N3O3S. The summed E-state index contributed by atoms with van der Waals surface area (Å²) >= 11 is 1.59. The maximum Gasteiger partial charge on any atom is 0.268 e. The minimum absolute atomic E-state index is 0.189. The van der Waals surface area contributed by atoms with Crippen LogP contribution in [0.2, 0.25) is 0 Å². The molecule has 0 radical (unpaired) electrons. The lowest BCUT2D eigenvalue weighted by Gasteiger charge is -2.32. The molecule has 0 unspecified atom stereocenters. The smallest absolute Gasteiger partial charge is 0.268 e.